The third kappa shape index (κ3) is 8.20. The molecule has 2 aromatic heterocycles. The van der Waals surface area contributed by atoms with Gasteiger partial charge in [0.1, 0.15) is 11.5 Å². The molecule has 0 aliphatic carbocycles. The molecule has 0 saturated carbocycles. The second-order valence-electron chi connectivity index (χ2n) is 9.20. The summed E-state index contributed by atoms with van der Waals surface area (Å²) in [7, 11) is 0. The number of nitrogens with zero attached hydrogens (tertiary/aromatic N) is 1. The third-order valence-electron chi connectivity index (χ3n) is 5.96. The SMILES string of the molecule is CC(=O)Nc1ccc(C(C)NC(=O)c2ccc(C(=O)NN=C(C)c3csc(-c4ccc(OC(F)(F)F)cc4)c3O)s2)cc1. The van der Waals surface area contributed by atoms with Gasteiger partial charge in [0.05, 0.1) is 31.9 Å². The van der Waals surface area contributed by atoms with Gasteiger partial charge in [-0.15, -0.1) is 35.8 Å². The van der Waals surface area contributed by atoms with Crippen LogP contribution in [-0.4, -0.2) is 34.9 Å². The van der Waals surface area contributed by atoms with E-state index in [4.69, 9.17) is 0 Å². The van der Waals surface area contributed by atoms with E-state index in [1.807, 2.05) is 6.92 Å². The summed E-state index contributed by atoms with van der Waals surface area (Å²) in [6.45, 7) is 4.80. The van der Waals surface area contributed by atoms with Crippen molar-refractivity contribution in [3.05, 3.63) is 86.9 Å². The number of hydrazone groups is 1. The number of alkyl halides is 3. The van der Waals surface area contributed by atoms with Crippen LogP contribution in [-0.2, 0) is 4.79 Å². The van der Waals surface area contributed by atoms with E-state index in [1.54, 1.807) is 36.6 Å². The first kappa shape index (κ1) is 31.3. The number of aromatic hydroxyl groups is 1. The molecule has 3 amide bonds. The molecule has 0 spiro atoms. The van der Waals surface area contributed by atoms with Crippen LogP contribution in [0.2, 0.25) is 0 Å². The number of anilines is 1. The van der Waals surface area contributed by atoms with Gasteiger partial charge in [-0.3, -0.25) is 14.4 Å². The van der Waals surface area contributed by atoms with Gasteiger partial charge < -0.3 is 20.5 Å². The van der Waals surface area contributed by atoms with E-state index in [0.717, 1.165) is 40.4 Å². The highest BCUT2D eigenvalue weighted by Crippen LogP contribution is 2.39. The lowest BCUT2D eigenvalue weighted by atomic mass is 10.1. The Balaban J connectivity index is 1.36. The molecule has 0 fully saturated rings. The largest absolute Gasteiger partial charge is 0.573 e. The van der Waals surface area contributed by atoms with Crippen LogP contribution in [0.3, 0.4) is 0 Å². The molecule has 0 saturated heterocycles. The maximum Gasteiger partial charge on any atom is 0.573 e. The Morgan fingerprint density at radius 1 is 0.930 bits per heavy atom. The molecule has 9 nitrogen and oxygen atoms in total. The van der Waals surface area contributed by atoms with Gasteiger partial charge in [0.25, 0.3) is 11.8 Å². The van der Waals surface area contributed by atoms with Gasteiger partial charge >= 0.3 is 6.36 Å². The summed E-state index contributed by atoms with van der Waals surface area (Å²) in [4.78, 5) is 37.6. The van der Waals surface area contributed by atoms with Gasteiger partial charge in [-0.1, -0.05) is 12.1 Å². The zero-order chi connectivity index (χ0) is 31.3. The highest BCUT2D eigenvalue weighted by Gasteiger charge is 2.31. The van der Waals surface area contributed by atoms with Crippen LogP contribution in [0, 0.1) is 0 Å². The number of carbonyl (C=O) groups excluding carboxylic acids is 3. The fraction of sp³-hybridized carbons (Fsp3) is 0.172. The average Bonchev–Trinajstić information content (AvgIpc) is 3.59. The number of rotatable bonds is 9. The first-order valence-corrected chi connectivity index (χ1v) is 14.3. The Morgan fingerprint density at radius 2 is 1.56 bits per heavy atom. The molecule has 4 rings (SSSR count). The number of thiophene rings is 2. The Labute approximate surface area is 252 Å². The van der Waals surface area contributed by atoms with Gasteiger partial charge in [0, 0.05) is 18.0 Å². The summed E-state index contributed by atoms with van der Waals surface area (Å²) >= 11 is 2.14. The lowest BCUT2D eigenvalue weighted by Gasteiger charge is -2.14. The quantitative estimate of drug-likeness (QED) is 0.121. The predicted molar refractivity (Wildman–Crippen MR) is 159 cm³/mol. The van der Waals surface area contributed by atoms with Crippen LogP contribution in [0.4, 0.5) is 18.9 Å². The summed E-state index contributed by atoms with van der Waals surface area (Å²) in [5.74, 6) is -1.63. The maximum absolute atomic E-state index is 12.8. The minimum absolute atomic E-state index is 0.140. The number of ether oxygens (including phenoxy) is 1. The molecule has 4 aromatic rings. The number of benzene rings is 2. The van der Waals surface area contributed by atoms with E-state index in [9.17, 15) is 32.7 Å². The van der Waals surface area contributed by atoms with Crippen LogP contribution < -0.4 is 20.8 Å². The molecule has 0 bridgehead atoms. The normalized spacial score (nSPS) is 12.4. The molecule has 1 atom stereocenters. The van der Waals surface area contributed by atoms with E-state index in [1.165, 1.54) is 31.2 Å². The third-order valence-corrected chi connectivity index (χ3v) is 8.06. The standard InChI is InChI=1S/C29H25F3N4O5S2/c1-15(18-4-8-20(9-5-18)34-17(3)37)33-27(39)23-12-13-24(43-23)28(40)36-35-16(2)22-14-42-26(25(22)38)19-6-10-21(11-7-19)41-29(30,31)32/h4-15,38H,1-3H3,(H,33,39)(H,34,37)(H,36,40). The second kappa shape index (κ2) is 13.1. The topological polar surface area (TPSA) is 129 Å². The molecule has 0 aliphatic heterocycles. The molecule has 14 heteroatoms. The number of amides is 3. The lowest BCUT2D eigenvalue weighted by molar-refractivity contribution is -0.274. The summed E-state index contributed by atoms with van der Waals surface area (Å²) in [5, 5.41) is 21.9. The Hall–Kier alpha value is -4.69. The monoisotopic (exact) mass is 630 g/mol. The number of hydrogen-bond donors (Lipinski definition) is 4. The van der Waals surface area contributed by atoms with Gasteiger partial charge in [-0.2, -0.15) is 5.10 Å². The summed E-state index contributed by atoms with van der Waals surface area (Å²) < 4.78 is 41.1. The number of hydrogen-bond acceptors (Lipinski definition) is 8. The molecule has 224 valence electrons. The fourth-order valence-corrected chi connectivity index (χ4v) is 5.67. The fourth-order valence-electron chi connectivity index (χ4n) is 3.86. The summed E-state index contributed by atoms with van der Waals surface area (Å²) in [6, 6.07) is 14.8. The summed E-state index contributed by atoms with van der Waals surface area (Å²) in [6.07, 6.45) is -4.81. The zero-order valence-electron chi connectivity index (χ0n) is 22.9. The molecular formula is C29H25F3N4O5S2. The van der Waals surface area contributed by atoms with E-state index < -0.39 is 12.3 Å². The Morgan fingerprint density at radius 3 is 2.16 bits per heavy atom. The average molecular weight is 631 g/mol. The maximum atomic E-state index is 12.8. The van der Waals surface area contributed by atoms with Gasteiger partial charge in [0.2, 0.25) is 5.91 Å². The Bertz CT molecular complexity index is 1660. The van der Waals surface area contributed by atoms with Crippen LogP contribution in [0.1, 0.15) is 57.3 Å². The van der Waals surface area contributed by atoms with Crippen molar-refractivity contribution in [3.8, 4) is 21.9 Å². The summed E-state index contributed by atoms with van der Waals surface area (Å²) in [5.41, 5.74) is 4.98. The van der Waals surface area contributed by atoms with Crippen LogP contribution in [0.25, 0.3) is 10.4 Å². The molecule has 4 N–H and O–H groups in total. The molecule has 0 aliphatic rings. The first-order chi connectivity index (χ1) is 20.3. The number of nitrogens with one attached hydrogen (secondary N) is 3. The predicted octanol–water partition coefficient (Wildman–Crippen LogP) is 6.68. The second-order valence-corrected chi connectivity index (χ2v) is 11.2. The van der Waals surface area contributed by atoms with Crippen molar-refractivity contribution in [3.63, 3.8) is 0 Å². The van der Waals surface area contributed by atoms with E-state index >= 15 is 0 Å². The van der Waals surface area contributed by atoms with Crippen LogP contribution in [0.5, 0.6) is 11.5 Å². The van der Waals surface area contributed by atoms with E-state index in [2.05, 4.69) is 25.9 Å². The zero-order valence-corrected chi connectivity index (χ0v) is 24.5. The van der Waals surface area contributed by atoms with Gasteiger partial charge in [-0.05, 0) is 73.5 Å². The van der Waals surface area contributed by atoms with Gasteiger partial charge in [-0.25, -0.2) is 5.43 Å². The highest BCUT2D eigenvalue weighted by molar-refractivity contribution is 7.16. The molecule has 2 aromatic carbocycles. The van der Waals surface area contributed by atoms with Crippen LogP contribution >= 0.6 is 22.7 Å². The van der Waals surface area contributed by atoms with Crippen molar-refractivity contribution in [1.82, 2.24) is 10.7 Å². The lowest BCUT2D eigenvalue weighted by Crippen LogP contribution is -2.25. The molecule has 43 heavy (non-hydrogen) atoms. The van der Waals surface area contributed by atoms with Crippen molar-refractivity contribution in [2.75, 3.05) is 5.32 Å². The molecule has 2 heterocycles. The number of halogens is 3. The van der Waals surface area contributed by atoms with Crippen molar-refractivity contribution in [1.29, 1.82) is 0 Å². The first-order valence-electron chi connectivity index (χ1n) is 12.6. The molecule has 0 radical (unpaired) electrons. The van der Waals surface area contributed by atoms with Crippen molar-refractivity contribution in [2.24, 2.45) is 5.10 Å². The van der Waals surface area contributed by atoms with Gasteiger partial charge in [0.15, 0.2) is 0 Å². The van der Waals surface area contributed by atoms with Crippen LogP contribution in [0.15, 0.2) is 71.1 Å². The van der Waals surface area contributed by atoms with Crippen molar-refractivity contribution < 1.29 is 37.4 Å². The number of carbonyl (C=O) groups is 3. The van der Waals surface area contributed by atoms with E-state index in [-0.39, 0.29) is 34.2 Å². The molecular weight excluding hydrogens is 605 g/mol. The minimum atomic E-state index is -4.81. The van der Waals surface area contributed by atoms with Crippen molar-refractivity contribution >= 4 is 51.8 Å². The highest BCUT2D eigenvalue weighted by atomic mass is 32.1. The minimum Gasteiger partial charge on any atom is -0.506 e. The van der Waals surface area contributed by atoms with E-state index in [0.29, 0.717) is 32.3 Å². The molecule has 1 unspecified atom stereocenters. The Kier molecular flexibility index (Phi) is 9.51. The smallest absolute Gasteiger partial charge is 0.506 e. The van der Waals surface area contributed by atoms with Crippen molar-refractivity contribution in [2.45, 2.75) is 33.2 Å².